The lowest BCUT2D eigenvalue weighted by molar-refractivity contribution is -0.131. The maximum atomic E-state index is 11.5. The van der Waals surface area contributed by atoms with Gasteiger partial charge >= 0.3 is 0 Å². The summed E-state index contributed by atoms with van der Waals surface area (Å²) in [7, 11) is 0. The third-order valence-electron chi connectivity index (χ3n) is 3.19. The molecule has 1 amide bonds. The van der Waals surface area contributed by atoms with Crippen LogP contribution >= 0.6 is 0 Å². The van der Waals surface area contributed by atoms with Crippen LogP contribution in [0, 0.1) is 0 Å². The van der Waals surface area contributed by atoms with E-state index in [1.807, 2.05) is 17.0 Å². The number of hydrogen-bond acceptors (Lipinski definition) is 5. The molecule has 1 aliphatic rings. The molecule has 1 aliphatic heterocycles. The summed E-state index contributed by atoms with van der Waals surface area (Å²) in [6.07, 6.45) is 3.48. The number of hydrogen-bond donors (Lipinski definition) is 2. The molecule has 0 aromatic carbocycles. The number of pyridine rings is 1. The van der Waals surface area contributed by atoms with Crippen molar-refractivity contribution in [3.63, 3.8) is 0 Å². The molecule has 2 rings (SSSR count). The van der Waals surface area contributed by atoms with Crippen molar-refractivity contribution < 1.29 is 9.53 Å². The zero-order chi connectivity index (χ0) is 13.0. The largest absolute Gasteiger partial charge is 0.378 e. The maximum absolute atomic E-state index is 11.5. The predicted octanol–water partition coefficient (Wildman–Crippen LogP) is -0.732. The molecular weight excluding hydrogens is 232 g/mol. The van der Waals surface area contributed by atoms with Gasteiger partial charge in [0.25, 0.3) is 0 Å². The highest BCUT2D eigenvalue weighted by Crippen LogP contribution is 2.23. The van der Waals surface area contributed by atoms with Crippen molar-refractivity contribution in [2.75, 3.05) is 26.3 Å². The van der Waals surface area contributed by atoms with Gasteiger partial charge in [0, 0.05) is 31.5 Å². The number of carbonyl (C=O) groups is 1. The lowest BCUT2D eigenvalue weighted by Gasteiger charge is -2.39. The van der Waals surface area contributed by atoms with Gasteiger partial charge in [-0.2, -0.15) is 0 Å². The molecule has 4 N–H and O–H groups in total. The Bertz CT molecular complexity index is 398. The van der Waals surface area contributed by atoms with Gasteiger partial charge in [0.1, 0.15) is 6.04 Å². The van der Waals surface area contributed by atoms with E-state index in [2.05, 4.69) is 4.98 Å². The number of nitrogens with two attached hydrogens (primary N) is 2. The van der Waals surface area contributed by atoms with Gasteiger partial charge in [0.05, 0.1) is 13.2 Å². The van der Waals surface area contributed by atoms with Crippen LogP contribution < -0.4 is 11.5 Å². The van der Waals surface area contributed by atoms with E-state index < -0.39 is 6.04 Å². The first-order chi connectivity index (χ1) is 8.74. The first-order valence-electron chi connectivity index (χ1n) is 5.97. The highest BCUT2D eigenvalue weighted by atomic mass is 16.5. The first-order valence-corrected chi connectivity index (χ1v) is 5.97. The third-order valence-corrected chi connectivity index (χ3v) is 3.19. The molecule has 18 heavy (non-hydrogen) atoms. The summed E-state index contributed by atoms with van der Waals surface area (Å²) in [4.78, 5) is 17.6. The number of carbonyl (C=O) groups excluding carboxylic acids is 1. The summed E-state index contributed by atoms with van der Waals surface area (Å²) < 4.78 is 5.31. The van der Waals surface area contributed by atoms with Crippen molar-refractivity contribution in [3.8, 4) is 0 Å². The highest BCUT2D eigenvalue weighted by molar-refractivity contribution is 5.80. The van der Waals surface area contributed by atoms with Gasteiger partial charge in [-0.15, -0.1) is 0 Å². The second-order valence-electron chi connectivity index (χ2n) is 4.27. The Balaban J connectivity index is 2.22. The monoisotopic (exact) mass is 250 g/mol. The molecule has 2 unspecified atom stereocenters. The van der Waals surface area contributed by atoms with Crippen molar-refractivity contribution >= 4 is 5.91 Å². The van der Waals surface area contributed by atoms with Crippen LogP contribution in [0.25, 0.3) is 0 Å². The zero-order valence-electron chi connectivity index (χ0n) is 10.2. The molecule has 1 aromatic rings. The van der Waals surface area contributed by atoms with Crippen molar-refractivity contribution in [2.45, 2.75) is 12.1 Å². The van der Waals surface area contributed by atoms with Crippen LogP contribution in [0.5, 0.6) is 0 Å². The summed E-state index contributed by atoms with van der Waals surface area (Å²) in [5.74, 6) is -0.378. The Morgan fingerprint density at radius 1 is 1.67 bits per heavy atom. The quantitative estimate of drug-likeness (QED) is 0.734. The molecule has 1 saturated heterocycles. The van der Waals surface area contributed by atoms with E-state index in [9.17, 15) is 4.79 Å². The van der Waals surface area contributed by atoms with Gasteiger partial charge in [-0.05, 0) is 11.6 Å². The molecule has 0 radical (unpaired) electrons. The van der Waals surface area contributed by atoms with E-state index in [0.717, 1.165) is 5.56 Å². The lowest BCUT2D eigenvalue weighted by Crippen LogP contribution is -2.54. The van der Waals surface area contributed by atoms with E-state index in [0.29, 0.717) is 26.3 Å². The van der Waals surface area contributed by atoms with Crippen LogP contribution in [-0.2, 0) is 9.53 Å². The average Bonchev–Trinajstić information content (AvgIpc) is 2.41. The van der Waals surface area contributed by atoms with Gasteiger partial charge in [-0.3, -0.25) is 14.7 Å². The number of morpholine rings is 1. The van der Waals surface area contributed by atoms with Crippen molar-refractivity contribution in [1.29, 1.82) is 0 Å². The summed E-state index contributed by atoms with van der Waals surface area (Å²) in [6.45, 7) is 1.96. The third kappa shape index (κ3) is 2.66. The standard InChI is InChI=1S/C12H18N4O2/c13-6-10(9-2-1-3-15-7-9)16-4-5-18-8-11(16)12(14)17/h1-3,7,10-11H,4-6,8,13H2,(H2,14,17). The summed E-state index contributed by atoms with van der Waals surface area (Å²) in [5, 5.41) is 0. The summed E-state index contributed by atoms with van der Waals surface area (Å²) in [5.41, 5.74) is 12.2. The number of ether oxygens (including phenoxy) is 1. The Labute approximate surface area is 106 Å². The smallest absolute Gasteiger partial charge is 0.237 e. The van der Waals surface area contributed by atoms with E-state index in [4.69, 9.17) is 16.2 Å². The fraction of sp³-hybridized carbons (Fsp3) is 0.500. The molecule has 6 heteroatoms. The molecular formula is C12H18N4O2. The summed E-state index contributed by atoms with van der Waals surface area (Å²) >= 11 is 0. The fourth-order valence-corrected chi connectivity index (χ4v) is 2.27. The average molecular weight is 250 g/mol. The van der Waals surface area contributed by atoms with Crippen LogP contribution in [0.2, 0.25) is 0 Å². The van der Waals surface area contributed by atoms with Gasteiger partial charge in [-0.25, -0.2) is 0 Å². The predicted molar refractivity (Wildman–Crippen MR) is 66.5 cm³/mol. The van der Waals surface area contributed by atoms with Crippen molar-refractivity contribution in [3.05, 3.63) is 30.1 Å². The molecule has 6 nitrogen and oxygen atoms in total. The Hall–Kier alpha value is -1.50. The summed E-state index contributed by atoms with van der Waals surface area (Å²) in [6, 6.07) is 3.34. The number of primary amides is 1. The molecule has 1 fully saturated rings. The van der Waals surface area contributed by atoms with Gasteiger partial charge < -0.3 is 16.2 Å². The van der Waals surface area contributed by atoms with Crippen LogP contribution in [0.1, 0.15) is 11.6 Å². The topological polar surface area (TPSA) is 94.5 Å². The molecule has 2 heterocycles. The van der Waals surface area contributed by atoms with Crippen LogP contribution in [0.15, 0.2) is 24.5 Å². The molecule has 0 bridgehead atoms. The zero-order valence-corrected chi connectivity index (χ0v) is 10.2. The van der Waals surface area contributed by atoms with Crippen LogP contribution in [-0.4, -0.2) is 48.1 Å². The van der Waals surface area contributed by atoms with E-state index in [-0.39, 0.29) is 11.9 Å². The Morgan fingerprint density at radius 2 is 2.50 bits per heavy atom. The van der Waals surface area contributed by atoms with E-state index in [1.54, 1.807) is 12.4 Å². The lowest BCUT2D eigenvalue weighted by atomic mass is 10.0. The number of nitrogens with zero attached hydrogens (tertiary/aromatic N) is 2. The van der Waals surface area contributed by atoms with Gasteiger partial charge in [-0.1, -0.05) is 6.07 Å². The van der Waals surface area contributed by atoms with Crippen LogP contribution in [0.3, 0.4) is 0 Å². The Kier molecular flexibility index (Phi) is 4.24. The first kappa shape index (κ1) is 12.9. The van der Waals surface area contributed by atoms with Gasteiger partial charge in [0.2, 0.25) is 5.91 Å². The highest BCUT2D eigenvalue weighted by Gasteiger charge is 2.33. The minimum atomic E-state index is -0.424. The fourth-order valence-electron chi connectivity index (χ4n) is 2.27. The molecule has 0 spiro atoms. The maximum Gasteiger partial charge on any atom is 0.237 e. The number of aromatic nitrogens is 1. The normalized spacial score (nSPS) is 22.6. The van der Waals surface area contributed by atoms with Crippen molar-refractivity contribution in [1.82, 2.24) is 9.88 Å². The molecule has 98 valence electrons. The Morgan fingerprint density at radius 3 is 3.11 bits per heavy atom. The van der Waals surface area contributed by atoms with Crippen molar-refractivity contribution in [2.24, 2.45) is 11.5 Å². The molecule has 1 aromatic heterocycles. The minimum absolute atomic E-state index is 0.0555. The van der Waals surface area contributed by atoms with E-state index >= 15 is 0 Å². The van der Waals surface area contributed by atoms with Crippen LogP contribution in [0.4, 0.5) is 0 Å². The molecule has 0 aliphatic carbocycles. The van der Waals surface area contributed by atoms with Gasteiger partial charge in [0.15, 0.2) is 0 Å². The second-order valence-corrected chi connectivity index (χ2v) is 4.27. The molecule has 0 saturated carbocycles. The SMILES string of the molecule is NCC(c1cccnc1)N1CCOCC1C(N)=O. The number of amides is 1. The number of rotatable bonds is 4. The molecule has 2 atom stereocenters. The second kappa shape index (κ2) is 5.90. The minimum Gasteiger partial charge on any atom is -0.378 e. The van der Waals surface area contributed by atoms with E-state index in [1.165, 1.54) is 0 Å².